The highest BCUT2D eigenvalue weighted by atomic mass is 16.5. The molecule has 1 aliphatic heterocycles. The van der Waals surface area contributed by atoms with Gasteiger partial charge in [0.15, 0.2) is 0 Å². The molecular formula is C29H30N2O4. The summed E-state index contributed by atoms with van der Waals surface area (Å²) in [5.41, 5.74) is 3.08. The molecule has 6 heteroatoms. The van der Waals surface area contributed by atoms with Gasteiger partial charge in [-0.05, 0) is 67.3 Å². The summed E-state index contributed by atoms with van der Waals surface area (Å²) in [6.07, 6.45) is 1.67. The average molecular weight is 471 g/mol. The fourth-order valence-corrected chi connectivity index (χ4v) is 4.24. The second kappa shape index (κ2) is 10.1. The Labute approximate surface area is 205 Å². The molecule has 1 atom stereocenters. The van der Waals surface area contributed by atoms with Crippen molar-refractivity contribution >= 4 is 17.4 Å². The van der Waals surface area contributed by atoms with E-state index in [4.69, 9.17) is 4.74 Å². The highest BCUT2D eigenvalue weighted by Gasteiger charge is 2.46. The number of hydrogen-bond donors (Lipinski definition) is 1. The lowest BCUT2D eigenvalue weighted by molar-refractivity contribution is -0.140. The summed E-state index contributed by atoms with van der Waals surface area (Å²) >= 11 is 0. The topological polar surface area (TPSA) is 79.7 Å². The van der Waals surface area contributed by atoms with Gasteiger partial charge in [0.25, 0.3) is 11.7 Å². The van der Waals surface area contributed by atoms with E-state index >= 15 is 0 Å². The Balaban J connectivity index is 1.80. The number of aromatic nitrogens is 1. The molecule has 4 rings (SSSR count). The molecule has 0 aliphatic carbocycles. The molecule has 0 spiro atoms. The van der Waals surface area contributed by atoms with Crippen molar-refractivity contribution in [1.29, 1.82) is 0 Å². The minimum absolute atomic E-state index is 0.0141. The molecule has 35 heavy (non-hydrogen) atoms. The Bertz CT molecular complexity index is 1230. The van der Waals surface area contributed by atoms with E-state index in [1.807, 2.05) is 50.2 Å². The monoisotopic (exact) mass is 470 g/mol. The predicted octanol–water partition coefficient (Wildman–Crippen LogP) is 5.61. The number of aliphatic hydroxyl groups excluding tert-OH is 1. The van der Waals surface area contributed by atoms with E-state index in [1.54, 1.807) is 36.5 Å². The number of carbonyl (C=O) groups excluding carboxylic acids is 2. The average Bonchev–Trinajstić information content (AvgIpc) is 3.09. The standard InChI is InChI=1S/C29H30N2O4/c1-18(2)20-8-10-21(11-9-20)26-25(27(32)22-12-14-24(15-13-22)35-19(3)4)28(33)29(34)31(26)17-23-7-5-6-16-30-23/h5-16,18-19,26,32H,17H2,1-4H3/b27-25+. The van der Waals surface area contributed by atoms with Crippen LogP contribution in [0, 0.1) is 0 Å². The first-order valence-electron chi connectivity index (χ1n) is 11.8. The van der Waals surface area contributed by atoms with Crippen LogP contribution < -0.4 is 4.74 Å². The molecule has 1 aromatic heterocycles. The van der Waals surface area contributed by atoms with Crippen LogP contribution in [0.3, 0.4) is 0 Å². The minimum Gasteiger partial charge on any atom is -0.507 e. The van der Waals surface area contributed by atoms with Crippen molar-refractivity contribution in [3.8, 4) is 5.75 Å². The van der Waals surface area contributed by atoms with Crippen LogP contribution in [0.5, 0.6) is 5.75 Å². The van der Waals surface area contributed by atoms with E-state index in [-0.39, 0.29) is 24.0 Å². The summed E-state index contributed by atoms with van der Waals surface area (Å²) in [7, 11) is 0. The molecule has 0 bridgehead atoms. The molecule has 1 fully saturated rings. The normalized spacial score (nSPS) is 17.4. The van der Waals surface area contributed by atoms with Gasteiger partial charge in [-0.25, -0.2) is 0 Å². The van der Waals surface area contributed by atoms with Gasteiger partial charge in [-0.2, -0.15) is 0 Å². The van der Waals surface area contributed by atoms with Crippen molar-refractivity contribution in [2.75, 3.05) is 0 Å². The maximum absolute atomic E-state index is 13.2. The number of amides is 1. The summed E-state index contributed by atoms with van der Waals surface area (Å²) in [4.78, 5) is 32.2. The van der Waals surface area contributed by atoms with E-state index in [1.165, 1.54) is 4.90 Å². The zero-order valence-electron chi connectivity index (χ0n) is 20.4. The molecule has 1 aliphatic rings. The lowest BCUT2D eigenvalue weighted by atomic mass is 9.93. The minimum atomic E-state index is -0.732. The van der Waals surface area contributed by atoms with E-state index in [0.29, 0.717) is 22.9 Å². The van der Waals surface area contributed by atoms with E-state index in [9.17, 15) is 14.7 Å². The number of likely N-dealkylation sites (tertiary alicyclic amines) is 1. The van der Waals surface area contributed by atoms with Gasteiger partial charge in [0.2, 0.25) is 0 Å². The van der Waals surface area contributed by atoms with Crippen molar-refractivity contribution in [3.05, 3.63) is 101 Å². The fourth-order valence-electron chi connectivity index (χ4n) is 4.24. The van der Waals surface area contributed by atoms with E-state index < -0.39 is 17.7 Å². The van der Waals surface area contributed by atoms with Crippen LogP contribution in [0.25, 0.3) is 5.76 Å². The maximum Gasteiger partial charge on any atom is 0.296 e. The van der Waals surface area contributed by atoms with Crippen LogP contribution in [0.1, 0.15) is 62.0 Å². The first-order valence-corrected chi connectivity index (χ1v) is 11.8. The van der Waals surface area contributed by atoms with Gasteiger partial charge in [-0.15, -0.1) is 0 Å². The highest BCUT2D eigenvalue weighted by molar-refractivity contribution is 6.46. The summed E-state index contributed by atoms with van der Waals surface area (Å²) in [5.74, 6) is -0.571. The molecule has 0 radical (unpaired) electrons. The molecule has 0 saturated carbocycles. The Morgan fingerprint density at radius 1 is 0.971 bits per heavy atom. The van der Waals surface area contributed by atoms with Gasteiger partial charge in [-0.3, -0.25) is 14.6 Å². The van der Waals surface area contributed by atoms with Crippen LogP contribution in [0.4, 0.5) is 0 Å². The third kappa shape index (κ3) is 5.11. The van der Waals surface area contributed by atoms with Crippen LogP contribution in [0.15, 0.2) is 78.5 Å². The summed E-state index contributed by atoms with van der Waals surface area (Å²) in [5, 5.41) is 11.3. The third-order valence-electron chi connectivity index (χ3n) is 6.02. The lowest BCUT2D eigenvalue weighted by Crippen LogP contribution is -2.29. The predicted molar refractivity (Wildman–Crippen MR) is 135 cm³/mol. The Hall–Kier alpha value is -3.93. The Kier molecular flexibility index (Phi) is 7.01. The third-order valence-corrected chi connectivity index (χ3v) is 6.02. The number of rotatable bonds is 7. The smallest absolute Gasteiger partial charge is 0.296 e. The molecule has 1 amide bonds. The molecule has 180 valence electrons. The number of hydrogen-bond acceptors (Lipinski definition) is 5. The van der Waals surface area contributed by atoms with Crippen molar-refractivity contribution in [1.82, 2.24) is 9.88 Å². The molecule has 1 N–H and O–H groups in total. The second-order valence-corrected chi connectivity index (χ2v) is 9.26. The van der Waals surface area contributed by atoms with Crippen LogP contribution in [-0.2, 0) is 16.1 Å². The number of Topliss-reactive ketones (excluding diaryl/α,β-unsaturated/α-hetero) is 1. The SMILES string of the molecule is CC(C)Oc1ccc(/C(O)=C2\C(=O)C(=O)N(Cc3ccccn3)C2c2ccc(C(C)C)cc2)cc1. The first-order chi connectivity index (χ1) is 16.8. The van der Waals surface area contributed by atoms with Crippen LogP contribution >= 0.6 is 0 Å². The molecule has 1 saturated heterocycles. The maximum atomic E-state index is 13.2. The largest absolute Gasteiger partial charge is 0.507 e. The number of aliphatic hydroxyl groups is 1. The summed E-state index contributed by atoms with van der Waals surface area (Å²) in [6.45, 7) is 8.23. The number of carbonyl (C=O) groups is 2. The zero-order chi connectivity index (χ0) is 25.1. The van der Waals surface area contributed by atoms with Crippen molar-refractivity contribution in [2.45, 2.75) is 52.3 Å². The lowest BCUT2D eigenvalue weighted by Gasteiger charge is -2.25. The number of ketones is 1. The van der Waals surface area contributed by atoms with Crippen LogP contribution in [-0.4, -0.2) is 32.8 Å². The highest BCUT2D eigenvalue weighted by Crippen LogP contribution is 2.40. The quantitative estimate of drug-likeness (QED) is 0.276. The van der Waals surface area contributed by atoms with Gasteiger partial charge in [-0.1, -0.05) is 44.2 Å². The molecule has 6 nitrogen and oxygen atoms in total. The van der Waals surface area contributed by atoms with Crippen molar-refractivity contribution in [3.63, 3.8) is 0 Å². The zero-order valence-corrected chi connectivity index (χ0v) is 20.4. The van der Waals surface area contributed by atoms with E-state index in [2.05, 4.69) is 18.8 Å². The molecule has 2 aromatic carbocycles. The van der Waals surface area contributed by atoms with Crippen molar-refractivity contribution in [2.24, 2.45) is 0 Å². The van der Waals surface area contributed by atoms with Crippen molar-refractivity contribution < 1.29 is 19.4 Å². The number of nitrogens with zero attached hydrogens (tertiary/aromatic N) is 2. The van der Waals surface area contributed by atoms with E-state index in [0.717, 1.165) is 11.1 Å². The second-order valence-electron chi connectivity index (χ2n) is 9.26. The molecular weight excluding hydrogens is 440 g/mol. The first kappa shape index (κ1) is 24.2. The van der Waals surface area contributed by atoms with Gasteiger partial charge >= 0.3 is 0 Å². The van der Waals surface area contributed by atoms with Gasteiger partial charge in [0.05, 0.1) is 30.0 Å². The van der Waals surface area contributed by atoms with Gasteiger partial charge in [0, 0.05) is 11.8 Å². The van der Waals surface area contributed by atoms with Gasteiger partial charge in [0.1, 0.15) is 11.5 Å². The van der Waals surface area contributed by atoms with Crippen LogP contribution in [0.2, 0.25) is 0 Å². The molecule has 2 heterocycles. The number of pyridine rings is 1. The molecule has 1 unspecified atom stereocenters. The molecule has 3 aromatic rings. The van der Waals surface area contributed by atoms with Gasteiger partial charge < -0.3 is 14.7 Å². The Morgan fingerprint density at radius 2 is 1.66 bits per heavy atom. The summed E-state index contributed by atoms with van der Waals surface area (Å²) in [6, 6.07) is 19.4. The fraction of sp³-hybridized carbons (Fsp3) is 0.276. The number of ether oxygens (including phenoxy) is 1. The summed E-state index contributed by atoms with van der Waals surface area (Å²) < 4.78 is 5.68. The Morgan fingerprint density at radius 3 is 2.23 bits per heavy atom. The number of benzene rings is 2.